The standard InChI is InChI=1S/C12H26N2O/c1-6-11(2)12(15)10-14(5)9-7-8-13(3)4/h11H,6-10H2,1-5H3. The van der Waals surface area contributed by atoms with E-state index in [4.69, 9.17) is 0 Å². The molecule has 0 aliphatic rings. The van der Waals surface area contributed by atoms with Crippen LogP contribution in [0.15, 0.2) is 0 Å². The lowest BCUT2D eigenvalue weighted by atomic mass is 10.0. The van der Waals surface area contributed by atoms with Gasteiger partial charge in [-0.3, -0.25) is 9.69 Å². The highest BCUT2D eigenvalue weighted by molar-refractivity contribution is 5.82. The number of likely N-dealkylation sites (N-methyl/N-ethyl adjacent to an activating group) is 1. The summed E-state index contributed by atoms with van der Waals surface area (Å²) < 4.78 is 0. The van der Waals surface area contributed by atoms with Crippen molar-refractivity contribution in [1.82, 2.24) is 9.80 Å². The second-order valence-corrected chi connectivity index (χ2v) is 4.67. The molecule has 15 heavy (non-hydrogen) atoms. The molecule has 0 aromatic carbocycles. The molecular formula is C12H26N2O. The summed E-state index contributed by atoms with van der Waals surface area (Å²) in [7, 11) is 6.17. The number of nitrogens with zero attached hydrogens (tertiary/aromatic N) is 2. The number of rotatable bonds is 8. The average molecular weight is 214 g/mol. The Morgan fingerprint density at radius 1 is 1.20 bits per heavy atom. The van der Waals surface area contributed by atoms with Crippen LogP contribution in [-0.4, -0.2) is 56.4 Å². The lowest BCUT2D eigenvalue weighted by Crippen LogP contribution is -2.31. The Labute approximate surface area is 94.4 Å². The maximum absolute atomic E-state index is 11.6. The maximum Gasteiger partial charge on any atom is 0.149 e. The van der Waals surface area contributed by atoms with E-state index in [-0.39, 0.29) is 5.92 Å². The highest BCUT2D eigenvalue weighted by Crippen LogP contribution is 2.03. The summed E-state index contributed by atoms with van der Waals surface area (Å²) in [5.74, 6) is 0.575. The number of Topliss-reactive ketones (excluding diaryl/α,β-unsaturated/α-hetero) is 1. The smallest absolute Gasteiger partial charge is 0.149 e. The normalized spacial score (nSPS) is 13.5. The molecule has 0 saturated heterocycles. The van der Waals surface area contributed by atoms with Gasteiger partial charge in [0, 0.05) is 5.92 Å². The van der Waals surface area contributed by atoms with Crippen LogP contribution in [0.4, 0.5) is 0 Å². The van der Waals surface area contributed by atoms with Gasteiger partial charge in [0.2, 0.25) is 0 Å². The Hall–Kier alpha value is -0.410. The zero-order valence-corrected chi connectivity index (χ0v) is 10.9. The van der Waals surface area contributed by atoms with Gasteiger partial charge in [0.15, 0.2) is 0 Å². The van der Waals surface area contributed by atoms with E-state index in [1.807, 2.05) is 14.0 Å². The molecule has 1 unspecified atom stereocenters. The van der Waals surface area contributed by atoms with Crippen molar-refractivity contribution in [2.45, 2.75) is 26.7 Å². The van der Waals surface area contributed by atoms with Crippen molar-refractivity contribution in [1.29, 1.82) is 0 Å². The number of carbonyl (C=O) groups is 1. The van der Waals surface area contributed by atoms with Gasteiger partial charge >= 0.3 is 0 Å². The third-order valence-electron chi connectivity index (χ3n) is 2.73. The predicted octanol–water partition coefficient (Wildman–Crippen LogP) is 1.49. The number of ketones is 1. The largest absolute Gasteiger partial charge is 0.309 e. The van der Waals surface area contributed by atoms with Crippen molar-refractivity contribution in [3.63, 3.8) is 0 Å². The summed E-state index contributed by atoms with van der Waals surface area (Å²) in [6.45, 7) is 6.76. The van der Waals surface area contributed by atoms with Crippen LogP contribution in [0, 0.1) is 5.92 Å². The molecule has 0 radical (unpaired) electrons. The highest BCUT2D eigenvalue weighted by atomic mass is 16.1. The van der Waals surface area contributed by atoms with Crippen LogP contribution in [0.2, 0.25) is 0 Å². The topological polar surface area (TPSA) is 23.6 Å². The fourth-order valence-electron chi connectivity index (χ4n) is 1.39. The molecular weight excluding hydrogens is 188 g/mol. The average Bonchev–Trinajstić information content (AvgIpc) is 2.15. The van der Waals surface area contributed by atoms with E-state index in [9.17, 15) is 4.79 Å². The first-order valence-electron chi connectivity index (χ1n) is 5.83. The minimum Gasteiger partial charge on any atom is -0.309 e. The van der Waals surface area contributed by atoms with Gasteiger partial charge in [-0.2, -0.15) is 0 Å². The van der Waals surface area contributed by atoms with Crippen LogP contribution in [0.5, 0.6) is 0 Å². The molecule has 0 amide bonds. The van der Waals surface area contributed by atoms with Crippen molar-refractivity contribution >= 4 is 5.78 Å². The van der Waals surface area contributed by atoms with Gasteiger partial charge in [-0.05, 0) is 47.1 Å². The number of carbonyl (C=O) groups excluding carboxylic acids is 1. The van der Waals surface area contributed by atoms with E-state index in [0.29, 0.717) is 12.3 Å². The third-order valence-corrected chi connectivity index (χ3v) is 2.73. The number of hydrogen-bond acceptors (Lipinski definition) is 3. The third kappa shape index (κ3) is 7.51. The predicted molar refractivity (Wildman–Crippen MR) is 65.1 cm³/mol. The van der Waals surface area contributed by atoms with Crippen molar-refractivity contribution < 1.29 is 4.79 Å². The first-order valence-corrected chi connectivity index (χ1v) is 5.83. The molecule has 3 heteroatoms. The second kappa shape index (κ2) is 7.83. The molecule has 0 rings (SSSR count). The summed E-state index contributed by atoms with van der Waals surface area (Å²) in [4.78, 5) is 15.9. The minimum absolute atomic E-state index is 0.210. The zero-order valence-electron chi connectivity index (χ0n) is 10.9. The van der Waals surface area contributed by atoms with Crippen LogP contribution >= 0.6 is 0 Å². The van der Waals surface area contributed by atoms with Crippen LogP contribution in [0.25, 0.3) is 0 Å². The second-order valence-electron chi connectivity index (χ2n) is 4.67. The van der Waals surface area contributed by atoms with Crippen molar-refractivity contribution in [2.75, 3.05) is 40.8 Å². The van der Waals surface area contributed by atoms with E-state index in [2.05, 4.69) is 30.8 Å². The molecule has 0 spiro atoms. The van der Waals surface area contributed by atoms with E-state index >= 15 is 0 Å². The van der Waals surface area contributed by atoms with Gasteiger partial charge in [-0.15, -0.1) is 0 Å². The molecule has 0 heterocycles. The van der Waals surface area contributed by atoms with Crippen molar-refractivity contribution in [2.24, 2.45) is 5.92 Å². The Morgan fingerprint density at radius 2 is 1.80 bits per heavy atom. The van der Waals surface area contributed by atoms with Crippen molar-refractivity contribution in [3.05, 3.63) is 0 Å². The molecule has 0 fully saturated rings. The first-order chi connectivity index (χ1) is 6.97. The van der Waals surface area contributed by atoms with E-state index < -0.39 is 0 Å². The van der Waals surface area contributed by atoms with E-state index in [1.54, 1.807) is 0 Å². The highest BCUT2D eigenvalue weighted by Gasteiger charge is 2.12. The van der Waals surface area contributed by atoms with E-state index in [1.165, 1.54) is 0 Å². The summed E-state index contributed by atoms with van der Waals surface area (Å²) in [6.07, 6.45) is 2.07. The van der Waals surface area contributed by atoms with Gasteiger partial charge in [0.25, 0.3) is 0 Å². The molecule has 0 aliphatic heterocycles. The molecule has 0 aliphatic carbocycles. The fourth-order valence-corrected chi connectivity index (χ4v) is 1.39. The van der Waals surface area contributed by atoms with Crippen LogP contribution < -0.4 is 0 Å². The Kier molecular flexibility index (Phi) is 7.61. The summed E-state index contributed by atoms with van der Waals surface area (Å²) in [5, 5.41) is 0. The van der Waals surface area contributed by atoms with Gasteiger partial charge in [-0.25, -0.2) is 0 Å². The number of hydrogen-bond donors (Lipinski definition) is 0. The molecule has 0 bridgehead atoms. The van der Waals surface area contributed by atoms with Gasteiger partial charge in [0.05, 0.1) is 6.54 Å². The molecule has 0 saturated carbocycles. The molecule has 0 N–H and O–H groups in total. The molecule has 90 valence electrons. The Balaban J connectivity index is 3.64. The molecule has 0 aromatic heterocycles. The zero-order chi connectivity index (χ0) is 11.8. The maximum atomic E-state index is 11.6. The van der Waals surface area contributed by atoms with Crippen LogP contribution in [0.3, 0.4) is 0 Å². The van der Waals surface area contributed by atoms with Gasteiger partial charge in [0.1, 0.15) is 5.78 Å². The summed E-state index contributed by atoms with van der Waals surface area (Å²) in [6, 6.07) is 0. The van der Waals surface area contributed by atoms with Crippen LogP contribution in [-0.2, 0) is 4.79 Å². The molecule has 0 aromatic rings. The summed E-state index contributed by atoms with van der Waals surface area (Å²) >= 11 is 0. The Bertz CT molecular complexity index is 180. The lowest BCUT2D eigenvalue weighted by molar-refractivity contribution is -0.123. The van der Waals surface area contributed by atoms with Crippen molar-refractivity contribution in [3.8, 4) is 0 Å². The fraction of sp³-hybridized carbons (Fsp3) is 0.917. The van der Waals surface area contributed by atoms with Crippen LogP contribution in [0.1, 0.15) is 26.7 Å². The minimum atomic E-state index is 0.210. The quantitative estimate of drug-likeness (QED) is 0.611. The summed E-state index contributed by atoms with van der Waals surface area (Å²) in [5.41, 5.74) is 0. The SMILES string of the molecule is CCC(C)C(=O)CN(C)CCCN(C)C. The first kappa shape index (κ1) is 14.6. The molecule has 1 atom stereocenters. The monoisotopic (exact) mass is 214 g/mol. The van der Waals surface area contributed by atoms with Gasteiger partial charge in [-0.1, -0.05) is 13.8 Å². The lowest BCUT2D eigenvalue weighted by Gasteiger charge is -2.18. The van der Waals surface area contributed by atoms with E-state index in [0.717, 1.165) is 25.9 Å². The Morgan fingerprint density at radius 3 is 2.27 bits per heavy atom. The van der Waals surface area contributed by atoms with Gasteiger partial charge < -0.3 is 4.90 Å². The molecule has 3 nitrogen and oxygen atoms in total.